The van der Waals surface area contributed by atoms with E-state index in [2.05, 4.69) is 34.5 Å². The molecule has 1 aromatic heterocycles. The van der Waals surface area contributed by atoms with Gasteiger partial charge < -0.3 is 10.6 Å². The van der Waals surface area contributed by atoms with Crippen LogP contribution in [0.4, 0.5) is 0 Å². The molecule has 20 heavy (non-hydrogen) atoms. The van der Waals surface area contributed by atoms with Crippen molar-refractivity contribution in [2.45, 2.75) is 33.2 Å². The Kier molecular flexibility index (Phi) is 10.8. The third-order valence-electron chi connectivity index (χ3n) is 3.19. The molecule has 0 aliphatic carbocycles. The minimum absolute atomic E-state index is 0. The highest BCUT2D eigenvalue weighted by Crippen LogP contribution is 2.06. The molecule has 0 fully saturated rings. The van der Waals surface area contributed by atoms with Crippen molar-refractivity contribution in [1.29, 1.82) is 0 Å². The van der Waals surface area contributed by atoms with Gasteiger partial charge in [0.25, 0.3) is 0 Å². The molecular formula is C14H24ClIN4. The molecule has 1 rings (SSSR count). The van der Waals surface area contributed by atoms with Gasteiger partial charge in [0, 0.05) is 26.3 Å². The average molecular weight is 411 g/mol. The van der Waals surface area contributed by atoms with Crippen molar-refractivity contribution in [2.75, 3.05) is 13.6 Å². The highest BCUT2D eigenvalue weighted by Gasteiger charge is 2.04. The number of rotatable bonds is 6. The van der Waals surface area contributed by atoms with Gasteiger partial charge >= 0.3 is 0 Å². The summed E-state index contributed by atoms with van der Waals surface area (Å²) >= 11 is 5.75. The lowest BCUT2D eigenvalue weighted by Crippen LogP contribution is -2.39. The molecule has 0 radical (unpaired) electrons. The number of nitrogens with one attached hydrogen (secondary N) is 2. The normalized spacial score (nSPS) is 11.2. The van der Waals surface area contributed by atoms with E-state index in [0.29, 0.717) is 17.6 Å². The second kappa shape index (κ2) is 11.1. The summed E-state index contributed by atoms with van der Waals surface area (Å²) in [5, 5.41) is 7.12. The van der Waals surface area contributed by atoms with E-state index in [1.54, 1.807) is 19.3 Å². The second-order valence-corrected chi connectivity index (χ2v) is 4.87. The van der Waals surface area contributed by atoms with Gasteiger partial charge in [0.2, 0.25) is 0 Å². The Balaban J connectivity index is 0.00000361. The maximum atomic E-state index is 5.75. The topological polar surface area (TPSA) is 49.3 Å². The Bertz CT molecular complexity index is 391. The molecule has 1 aromatic rings. The van der Waals surface area contributed by atoms with E-state index in [4.69, 9.17) is 11.6 Å². The summed E-state index contributed by atoms with van der Waals surface area (Å²) < 4.78 is 0. The van der Waals surface area contributed by atoms with Gasteiger partial charge in [-0.2, -0.15) is 0 Å². The van der Waals surface area contributed by atoms with E-state index in [1.165, 1.54) is 12.8 Å². The smallest absolute Gasteiger partial charge is 0.191 e. The molecule has 0 atom stereocenters. The molecule has 4 nitrogen and oxygen atoms in total. The molecule has 6 heteroatoms. The zero-order valence-electron chi connectivity index (χ0n) is 12.3. The van der Waals surface area contributed by atoms with Crippen LogP contribution < -0.4 is 10.6 Å². The standard InChI is InChI=1S/C14H23ClN4.HI/c1-4-11(5-2)8-18-14(16-3)19-10-12-6-7-13(15)17-9-12;/h6-7,9,11H,4-5,8,10H2,1-3H3,(H2,16,18,19);1H. The monoisotopic (exact) mass is 410 g/mol. The summed E-state index contributed by atoms with van der Waals surface area (Å²) in [7, 11) is 1.78. The first-order valence-electron chi connectivity index (χ1n) is 6.74. The summed E-state index contributed by atoms with van der Waals surface area (Å²) in [4.78, 5) is 8.26. The number of pyridine rings is 1. The highest BCUT2D eigenvalue weighted by atomic mass is 127. The van der Waals surface area contributed by atoms with Crippen molar-refractivity contribution in [3.8, 4) is 0 Å². The van der Waals surface area contributed by atoms with Crippen LogP contribution in [0.3, 0.4) is 0 Å². The van der Waals surface area contributed by atoms with Crippen molar-refractivity contribution < 1.29 is 0 Å². The molecule has 114 valence electrons. The van der Waals surface area contributed by atoms with E-state index in [0.717, 1.165) is 18.1 Å². The molecule has 0 aliphatic heterocycles. The fraction of sp³-hybridized carbons (Fsp3) is 0.571. The van der Waals surface area contributed by atoms with Crippen molar-refractivity contribution in [2.24, 2.45) is 10.9 Å². The first-order chi connectivity index (χ1) is 9.19. The van der Waals surface area contributed by atoms with Crippen molar-refractivity contribution in [3.63, 3.8) is 0 Å². The molecule has 0 aliphatic rings. The number of hydrogen-bond acceptors (Lipinski definition) is 2. The highest BCUT2D eigenvalue weighted by molar-refractivity contribution is 14.0. The lowest BCUT2D eigenvalue weighted by molar-refractivity contribution is 0.481. The lowest BCUT2D eigenvalue weighted by atomic mass is 10.0. The zero-order valence-corrected chi connectivity index (χ0v) is 15.4. The Hall–Kier alpha value is -0.560. The molecule has 0 bridgehead atoms. The van der Waals surface area contributed by atoms with E-state index in [1.807, 2.05) is 6.07 Å². The third kappa shape index (κ3) is 7.28. The number of nitrogens with zero attached hydrogens (tertiary/aromatic N) is 2. The second-order valence-electron chi connectivity index (χ2n) is 4.48. The van der Waals surface area contributed by atoms with Crippen LogP contribution in [0.2, 0.25) is 5.15 Å². The summed E-state index contributed by atoms with van der Waals surface area (Å²) in [5.74, 6) is 1.51. The molecule has 0 unspecified atom stereocenters. The number of halogens is 2. The Morgan fingerprint density at radius 2 is 2.00 bits per heavy atom. The predicted molar refractivity (Wildman–Crippen MR) is 96.9 cm³/mol. The summed E-state index contributed by atoms with van der Waals surface area (Å²) in [6.45, 7) is 6.06. The van der Waals surface area contributed by atoms with Crippen molar-refractivity contribution in [1.82, 2.24) is 15.6 Å². The average Bonchev–Trinajstić information content (AvgIpc) is 2.45. The van der Waals surface area contributed by atoms with E-state index in [9.17, 15) is 0 Å². The van der Waals surface area contributed by atoms with Gasteiger partial charge in [0.05, 0.1) is 0 Å². The van der Waals surface area contributed by atoms with E-state index in [-0.39, 0.29) is 24.0 Å². The van der Waals surface area contributed by atoms with Crippen LogP contribution in [0, 0.1) is 5.92 Å². The molecule has 0 saturated heterocycles. The molecule has 0 amide bonds. The van der Waals surface area contributed by atoms with Crippen LogP contribution in [0.25, 0.3) is 0 Å². The molecule has 0 aromatic carbocycles. The fourth-order valence-electron chi connectivity index (χ4n) is 1.74. The van der Waals surface area contributed by atoms with E-state index < -0.39 is 0 Å². The Morgan fingerprint density at radius 3 is 2.50 bits per heavy atom. The van der Waals surface area contributed by atoms with Gasteiger partial charge in [-0.25, -0.2) is 4.98 Å². The molecule has 0 spiro atoms. The SMILES string of the molecule is CCC(CC)CNC(=NC)NCc1ccc(Cl)nc1.I. The molecule has 2 N–H and O–H groups in total. The summed E-state index contributed by atoms with van der Waals surface area (Å²) in [6, 6.07) is 3.75. The Labute approximate surface area is 143 Å². The van der Waals surface area contributed by atoms with Gasteiger partial charge in [-0.15, -0.1) is 24.0 Å². The third-order valence-corrected chi connectivity index (χ3v) is 3.41. The minimum Gasteiger partial charge on any atom is -0.356 e. The van der Waals surface area contributed by atoms with Crippen molar-refractivity contribution in [3.05, 3.63) is 29.0 Å². The molecule has 0 saturated carbocycles. The molecular weight excluding hydrogens is 387 g/mol. The maximum absolute atomic E-state index is 5.75. The number of hydrogen-bond donors (Lipinski definition) is 2. The van der Waals surface area contributed by atoms with Crippen molar-refractivity contribution >= 4 is 41.5 Å². The number of guanidine groups is 1. The lowest BCUT2D eigenvalue weighted by Gasteiger charge is -2.16. The number of aliphatic imine (C=N–C) groups is 1. The predicted octanol–water partition coefficient (Wildman–Crippen LogP) is 3.45. The van der Waals surface area contributed by atoms with Crippen LogP contribution in [-0.2, 0) is 6.54 Å². The quantitative estimate of drug-likeness (QED) is 0.327. The van der Waals surface area contributed by atoms with Gasteiger partial charge in [-0.05, 0) is 17.5 Å². The minimum atomic E-state index is 0. The zero-order chi connectivity index (χ0) is 14.1. The van der Waals surface area contributed by atoms with Crippen LogP contribution >= 0.6 is 35.6 Å². The van der Waals surface area contributed by atoms with E-state index >= 15 is 0 Å². The molecule has 1 heterocycles. The van der Waals surface area contributed by atoms with Crippen LogP contribution in [0.1, 0.15) is 32.3 Å². The van der Waals surface area contributed by atoms with Gasteiger partial charge in [0.15, 0.2) is 5.96 Å². The van der Waals surface area contributed by atoms with Gasteiger partial charge in [0.1, 0.15) is 5.15 Å². The summed E-state index contributed by atoms with van der Waals surface area (Å²) in [5.41, 5.74) is 1.08. The fourth-order valence-corrected chi connectivity index (χ4v) is 1.85. The maximum Gasteiger partial charge on any atom is 0.191 e. The Morgan fingerprint density at radius 1 is 1.30 bits per heavy atom. The first-order valence-corrected chi connectivity index (χ1v) is 7.12. The first kappa shape index (κ1) is 19.4. The van der Waals surface area contributed by atoms with Gasteiger partial charge in [-0.3, -0.25) is 4.99 Å². The van der Waals surface area contributed by atoms with Gasteiger partial charge in [-0.1, -0.05) is 44.4 Å². The van der Waals surface area contributed by atoms with Crippen LogP contribution in [-0.4, -0.2) is 24.5 Å². The number of aromatic nitrogens is 1. The summed E-state index contributed by atoms with van der Waals surface area (Å²) in [6.07, 6.45) is 4.13. The van der Waals surface area contributed by atoms with Crippen LogP contribution in [0.5, 0.6) is 0 Å². The van der Waals surface area contributed by atoms with Crippen LogP contribution in [0.15, 0.2) is 23.3 Å². The largest absolute Gasteiger partial charge is 0.356 e.